The minimum atomic E-state index is 0.0466. The van der Waals surface area contributed by atoms with Gasteiger partial charge in [0.05, 0.1) is 17.3 Å². The topological polar surface area (TPSA) is 35.9 Å². The first-order valence-electron chi connectivity index (χ1n) is 9.83. The number of amides is 1. The maximum absolute atomic E-state index is 13.2. The molecule has 0 aliphatic carbocycles. The van der Waals surface area contributed by atoms with Gasteiger partial charge in [0.1, 0.15) is 0 Å². The number of likely N-dealkylation sites (tertiary alicyclic amines) is 1. The van der Waals surface area contributed by atoms with Gasteiger partial charge < -0.3 is 0 Å². The number of amidine groups is 1. The van der Waals surface area contributed by atoms with E-state index in [-0.39, 0.29) is 5.91 Å². The molecule has 0 aromatic heterocycles. The molecule has 0 N–H and O–H groups in total. The van der Waals surface area contributed by atoms with Gasteiger partial charge in [0, 0.05) is 0 Å². The number of thioether (sulfide) groups is 1. The Balaban J connectivity index is 1.63. The summed E-state index contributed by atoms with van der Waals surface area (Å²) in [5.74, 6) is 0.0466. The highest BCUT2D eigenvalue weighted by molar-refractivity contribution is 8.18. The van der Waals surface area contributed by atoms with Gasteiger partial charge in [0.15, 0.2) is 5.17 Å². The van der Waals surface area contributed by atoms with Crippen molar-refractivity contribution in [3.63, 3.8) is 0 Å². The van der Waals surface area contributed by atoms with Crippen LogP contribution in [-0.4, -0.2) is 40.6 Å². The van der Waals surface area contributed by atoms with Crippen molar-refractivity contribution >= 4 is 34.6 Å². The van der Waals surface area contributed by atoms with E-state index >= 15 is 0 Å². The molecule has 2 aliphatic heterocycles. The van der Waals surface area contributed by atoms with E-state index < -0.39 is 0 Å². The summed E-state index contributed by atoms with van der Waals surface area (Å²) in [6, 6.07) is 18.1. The molecule has 2 aromatic rings. The van der Waals surface area contributed by atoms with Crippen LogP contribution in [0.3, 0.4) is 0 Å². The minimum Gasteiger partial charge on any atom is -0.286 e. The van der Waals surface area contributed by atoms with Crippen molar-refractivity contribution < 1.29 is 4.79 Å². The van der Waals surface area contributed by atoms with E-state index in [1.807, 2.05) is 53.4 Å². The zero-order chi connectivity index (χ0) is 19.3. The molecular weight excluding hydrogens is 366 g/mol. The molecule has 2 fully saturated rings. The lowest BCUT2D eigenvalue weighted by molar-refractivity contribution is -0.123. The number of hydrogen-bond donors (Lipinski definition) is 0. The van der Waals surface area contributed by atoms with Crippen LogP contribution in [0.5, 0.6) is 0 Å². The SMILES string of the molecule is Cc1ccc(N=C2S/C(=C/c3ccccc3)C(=O)N2CN2CCCCC2)cc1. The summed E-state index contributed by atoms with van der Waals surface area (Å²) in [7, 11) is 0. The largest absolute Gasteiger partial charge is 0.286 e. The van der Waals surface area contributed by atoms with E-state index in [9.17, 15) is 4.79 Å². The zero-order valence-corrected chi connectivity index (χ0v) is 17.0. The van der Waals surface area contributed by atoms with Crippen molar-refractivity contribution in [2.75, 3.05) is 19.8 Å². The van der Waals surface area contributed by atoms with Gasteiger partial charge in [-0.1, -0.05) is 54.4 Å². The molecule has 2 saturated heterocycles. The molecule has 0 saturated carbocycles. The first-order chi connectivity index (χ1) is 13.7. The van der Waals surface area contributed by atoms with E-state index in [0.717, 1.165) is 34.4 Å². The van der Waals surface area contributed by atoms with Gasteiger partial charge in [-0.15, -0.1) is 0 Å². The van der Waals surface area contributed by atoms with Gasteiger partial charge in [-0.2, -0.15) is 0 Å². The molecule has 0 atom stereocenters. The molecule has 2 heterocycles. The van der Waals surface area contributed by atoms with Crippen molar-refractivity contribution in [1.29, 1.82) is 0 Å². The van der Waals surface area contributed by atoms with Crippen molar-refractivity contribution in [2.24, 2.45) is 4.99 Å². The van der Waals surface area contributed by atoms with Crippen LogP contribution in [0.2, 0.25) is 0 Å². The number of aliphatic imine (C=N–C) groups is 1. The van der Waals surface area contributed by atoms with Crippen LogP contribution in [-0.2, 0) is 4.79 Å². The molecule has 0 spiro atoms. The second kappa shape index (κ2) is 8.76. The summed E-state index contributed by atoms with van der Waals surface area (Å²) in [6.07, 6.45) is 5.65. The molecular formula is C23H25N3OS. The number of carbonyl (C=O) groups is 1. The number of piperidine rings is 1. The molecule has 0 bridgehead atoms. The van der Waals surface area contributed by atoms with Crippen molar-refractivity contribution in [3.05, 3.63) is 70.6 Å². The van der Waals surface area contributed by atoms with Gasteiger partial charge >= 0.3 is 0 Å². The lowest BCUT2D eigenvalue weighted by Gasteiger charge is -2.30. The smallest absolute Gasteiger partial charge is 0.267 e. The average Bonchev–Trinajstić information content (AvgIpc) is 3.00. The van der Waals surface area contributed by atoms with E-state index in [1.165, 1.54) is 36.6 Å². The Labute approximate surface area is 171 Å². The van der Waals surface area contributed by atoms with E-state index in [0.29, 0.717) is 6.67 Å². The molecule has 1 amide bonds. The third-order valence-corrected chi connectivity index (χ3v) is 6.04. The second-order valence-electron chi connectivity index (χ2n) is 7.30. The van der Waals surface area contributed by atoms with Crippen LogP contribution >= 0.6 is 11.8 Å². The number of benzene rings is 2. The number of carbonyl (C=O) groups excluding carboxylic acids is 1. The fraction of sp³-hybridized carbons (Fsp3) is 0.304. The normalized spacial score (nSPS) is 21.0. The quantitative estimate of drug-likeness (QED) is 0.685. The van der Waals surface area contributed by atoms with Crippen molar-refractivity contribution in [1.82, 2.24) is 9.80 Å². The highest BCUT2D eigenvalue weighted by Crippen LogP contribution is 2.34. The van der Waals surface area contributed by atoms with Crippen LogP contribution < -0.4 is 0 Å². The first kappa shape index (κ1) is 19.0. The Kier molecular flexibility index (Phi) is 5.93. The third-order valence-electron chi connectivity index (χ3n) is 5.03. The zero-order valence-electron chi connectivity index (χ0n) is 16.2. The molecule has 4 nitrogen and oxygen atoms in total. The molecule has 0 radical (unpaired) electrons. The molecule has 0 unspecified atom stereocenters. The molecule has 4 rings (SSSR count). The van der Waals surface area contributed by atoms with Gasteiger partial charge in [0.2, 0.25) is 0 Å². The summed E-state index contributed by atoms with van der Waals surface area (Å²) in [5.41, 5.74) is 3.12. The maximum atomic E-state index is 13.2. The highest BCUT2D eigenvalue weighted by Gasteiger charge is 2.34. The number of hydrogen-bond acceptors (Lipinski definition) is 4. The number of rotatable bonds is 4. The van der Waals surface area contributed by atoms with E-state index in [4.69, 9.17) is 4.99 Å². The molecule has 144 valence electrons. The predicted molar refractivity (Wildman–Crippen MR) is 117 cm³/mol. The Bertz CT molecular complexity index is 884. The van der Waals surface area contributed by atoms with Crippen molar-refractivity contribution in [2.45, 2.75) is 26.2 Å². The standard InChI is InChI=1S/C23H25N3OS/c1-18-10-12-20(13-11-18)24-23-26(17-25-14-6-3-7-15-25)22(27)21(28-23)16-19-8-4-2-5-9-19/h2,4-5,8-13,16H,3,6-7,14-15,17H2,1H3/b21-16+,24-23?. The van der Waals surface area contributed by atoms with Gasteiger partial charge in [-0.3, -0.25) is 14.6 Å². The van der Waals surface area contributed by atoms with Crippen LogP contribution in [0.1, 0.15) is 30.4 Å². The average molecular weight is 392 g/mol. The fourth-order valence-corrected chi connectivity index (χ4v) is 4.44. The monoisotopic (exact) mass is 391 g/mol. The Hall–Kier alpha value is -2.37. The summed E-state index contributed by atoms with van der Waals surface area (Å²) >= 11 is 1.47. The minimum absolute atomic E-state index is 0.0466. The second-order valence-corrected chi connectivity index (χ2v) is 8.31. The Morgan fingerprint density at radius 2 is 1.71 bits per heavy atom. The van der Waals surface area contributed by atoms with E-state index in [2.05, 4.69) is 24.0 Å². The summed E-state index contributed by atoms with van der Waals surface area (Å²) in [5, 5.41) is 0.765. The van der Waals surface area contributed by atoms with Crippen LogP contribution in [0.25, 0.3) is 6.08 Å². The van der Waals surface area contributed by atoms with Gasteiger partial charge in [-0.25, -0.2) is 4.99 Å². The maximum Gasteiger partial charge on any atom is 0.267 e. The molecule has 5 heteroatoms. The lowest BCUT2D eigenvalue weighted by Crippen LogP contribution is -2.43. The number of nitrogens with zero attached hydrogens (tertiary/aromatic N) is 3. The fourth-order valence-electron chi connectivity index (χ4n) is 3.45. The molecule has 2 aliphatic rings. The van der Waals surface area contributed by atoms with E-state index in [1.54, 1.807) is 0 Å². The predicted octanol–water partition coefficient (Wildman–Crippen LogP) is 5.04. The van der Waals surface area contributed by atoms with Crippen LogP contribution in [0.15, 0.2) is 64.5 Å². The molecule has 28 heavy (non-hydrogen) atoms. The van der Waals surface area contributed by atoms with Crippen LogP contribution in [0, 0.1) is 6.92 Å². The van der Waals surface area contributed by atoms with Gasteiger partial charge in [0.25, 0.3) is 5.91 Å². The summed E-state index contributed by atoms with van der Waals surface area (Å²) in [6.45, 7) is 4.77. The first-order valence-corrected chi connectivity index (χ1v) is 10.6. The highest BCUT2D eigenvalue weighted by atomic mass is 32.2. The summed E-state index contributed by atoms with van der Waals surface area (Å²) in [4.78, 5) is 22.9. The van der Waals surface area contributed by atoms with Crippen molar-refractivity contribution in [3.8, 4) is 0 Å². The Morgan fingerprint density at radius 1 is 1.00 bits per heavy atom. The Morgan fingerprint density at radius 3 is 2.43 bits per heavy atom. The van der Waals surface area contributed by atoms with Gasteiger partial charge in [-0.05, 0) is 68.4 Å². The van der Waals surface area contributed by atoms with Crippen LogP contribution in [0.4, 0.5) is 5.69 Å². The number of aryl methyl sites for hydroxylation is 1. The molecule has 2 aromatic carbocycles. The summed E-state index contributed by atoms with van der Waals surface area (Å²) < 4.78 is 0. The lowest BCUT2D eigenvalue weighted by atomic mass is 10.1. The third kappa shape index (κ3) is 4.54.